The van der Waals surface area contributed by atoms with Crippen molar-refractivity contribution in [1.29, 1.82) is 0 Å². The first-order valence-electron chi connectivity index (χ1n) is 22.7. The van der Waals surface area contributed by atoms with Gasteiger partial charge in [-0.05, 0) is 146 Å². The molecule has 13 heteroatoms. The molecule has 13 nitrogen and oxygen atoms in total. The van der Waals surface area contributed by atoms with Crippen molar-refractivity contribution in [2.45, 2.75) is 33.1 Å². The van der Waals surface area contributed by atoms with E-state index >= 15 is 0 Å². The lowest BCUT2D eigenvalue weighted by Crippen LogP contribution is -2.44. The smallest absolute Gasteiger partial charge is 0.298 e. The van der Waals surface area contributed by atoms with Gasteiger partial charge in [0.25, 0.3) is 6.47 Å². The van der Waals surface area contributed by atoms with E-state index in [1.807, 2.05) is 79.9 Å². The summed E-state index contributed by atoms with van der Waals surface area (Å²) >= 11 is 0. The number of rotatable bonds is 7. The fourth-order valence-corrected chi connectivity index (χ4v) is 8.95. The summed E-state index contributed by atoms with van der Waals surface area (Å²) in [6.07, 6.45) is 6.02. The van der Waals surface area contributed by atoms with E-state index in [0.717, 1.165) is 116 Å². The average molecular weight is 880 g/mol. The van der Waals surface area contributed by atoms with Gasteiger partial charge in [0.05, 0.1) is 57.0 Å². The second kappa shape index (κ2) is 19.5. The van der Waals surface area contributed by atoms with E-state index in [2.05, 4.69) is 85.9 Å². The number of ether oxygens (including phenoxy) is 1. The summed E-state index contributed by atoms with van der Waals surface area (Å²) in [5.74, 6) is 0.589. The number of pyridine rings is 2. The summed E-state index contributed by atoms with van der Waals surface area (Å²) < 4.78 is 4.96. The third-order valence-corrected chi connectivity index (χ3v) is 12.9. The number of aryl methyl sites for hydroxylation is 2. The van der Waals surface area contributed by atoms with Crippen LogP contribution in [0.4, 0.5) is 39.8 Å². The molecule has 5 aliphatic rings. The van der Waals surface area contributed by atoms with Crippen LogP contribution in [-0.2, 0) is 24.1 Å². The maximum Gasteiger partial charge on any atom is 0.298 e. The van der Waals surface area contributed by atoms with Crippen LogP contribution in [0.25, 0.3) is 0 Å². The fraction of sp³-hybridized carbons (Fsp3) is 0.283. The molecule has 2 fully saturated rings. The Hall–Kier alpha value is -7.22. The van der Waals surface area contributed by atoms with Gasteiger partial charge in [-0.2, -0.15) is 0 Å². The molecule has 5 aliphatic heterocycles. The summed E-state index contributed by atoms with van der Waals surface area (Å²) in [7, 11) is 4.35. The highest BCUT2D eigenvalue weighted by Crippen LogP contribution is 2.37. The van der Waals surface area contributed by atoms with E-state index in [0.29, 0.717) is 30.0 Å². The van der Waals surface area contributed by atoms with Crippen LogP contribution >= 0.6 is 0 Å². The molecule has 0 atom stereocenters. The van der Waals surface area contributed by atoms with Gasteiger partial charge in [0, 0.05) is 95.4 Å². The zero-order valence-electron chi connectivity index (χ0n) is 38.2. The molecule has 7 heterocycles. The van der Waals surface area contributed by atoms with Gasteiger partial charge in [-0.3, -0.25) is 29.7 Å². The lowest BCUT2D eigenvalue weighted by molar-refractivity contribution is -0.120. The van der Waals surface area contributed by atoms with Crippen molar-refractivity contribution in [3.05, 3.63) is 154 Å². The molecule has 66 heavy (non-hydrogen) atoms. The topological polar surface area (TPSA) is 154 Å². The molecule has 0 saturated carbocycles. The molecule has 336 valence electrons. The van der Waals surface area contributed by atoms with Crippen molar-refractivity contribution < 1.29 is 9.53 Å². The number of anilines is 4. The predicted molar refractivity (Wildman–Crippen MR) is 268 cm³/mol. The van der Waals surface area contributed by atoms with E-state index in [-0.39, 0.29) is 0 Å². The van der Waals surface area contributed by atoms with Crippen LogP contribution in [0.1, 0.15) is 44.8 Å². The number of hydrogen-bond acceptors (Lipinski definition) is 13. The first kappa shape index (κ1) is 44.0. The average Bonchev–Trinajstić information content (AvgIpc) is 4.08. The maximum atomic E-state index is 10.5. The van der Waals surface area contributed by atoms with Crippen LogP contribution in [-0.4, -0.2) is 110 Å². The molecule has 0 amide bonds. The minimum Gasteiger partial charge on any atom is -0.428 e. The second-order valence-corrected chi connectivity index (χ2v) is 17.6. The number of nitrogens with two attached hydrogens (primary N) is 2. The number of aromatic nitrogens is 2. The van der Waals surface area contributed by atoms with E-state index in [1.165, 1.54) is 39.3 Å². The van der Waals surface area contributed by atoms with Gasteiger partial charge in [0.2, 0.25) is 0 Å². The van der Waals surface area contributed by atoms with Gasteiger partial charge in [-0.1, -0.05) is 12.1 Å². The third kappa shape index (κ3) is 9.87. The SMILES string of the molecule is CN1CCN(c2ccc(N)c(N)c2)CC1.Cc1cc2c(cc1C1=Nc3ccc(N4CCN(C)CC4)cc3C1)CC(c1ccccn1)=N2.Cc1cc2c(cc1OC=O)CC(c1ccccn1)=N2. The summed E-state index contributed by atoms with van der Waals surface area (Å²) in [5.41, 5.74) is 30.5. The van der Waals surface area contributed by atoms with Crippen molar-refractivity contribution >= 4 is 63.4 Å². The molecular weight excluding hydrogens is 823 g/mol. The monoisotopic (exact) mass is 879 g/mol. The number of benzene rings is 4. The minimum absolute atomic E-state index is 0.449. The van der Waals surface area contributed by atoms with E-state index in [1.54, 1.807) is 6.20 Å². The van der Waals surface area contributed by atoms with Crippen molar-refractivity contribution in [2.24, 2.45) is 15.0 Å². The number of fused-ring (bicyclic) bond motifs is 3. The van der Waals surface area contributed by atoms with Gasteiger partial charge in [-0.25, -0.2) is 0 Å². The van der Waals surface area contributed by atoms with Gasteiger partial charge in [0.1, 0.15) is 5.75 Å². The van der Waals surface area contributed by atoms with Crippen LogP contribution in [0.15, 0.2) is 124 Å². The second-order valence-electron chi connectivity index (χ2n) is 17.6. The molecule has 0 bridgehead atoms. The number of aliphatic imine (C=N–C) groups is 3. The standard InChI is InChI=1S/C27H27N5.C15H12N2O2.C11H18N4/c1-18-13-25-20(17-27(30-25)24-5-3-4-8-28-24)15-22(18)26-16-19-14-21(6-7-23(19)29-26)32-11-9-31(2)10-12-32;1-10-6-13-11(8-15(10)19-9-18)7-14(17-13)12-4-2-3-5-16-12;1-14-4-6-15(7-5-14)9-2-3-10(12)11(13)8-9/h3-8,13-15H,9-12,16-17H2,1-2H3;2-6,8-9H,7H2,1H3;2-3,8H,4-7,12-13H2,1H3. The van der Waals surface area contributed by atoms with Gasteiger partial charge in [0.15, 0.2) is 0 Å². The van der Waals surface area contributed by atoms with Crippen molar-refractivity contribution in [2.75, 3.05) is 87.7 Å². The van der Waals surface area contributed by atoms with Crippen LogP contribution in [0.5, 0.6) is 5.75 Å². The highest BCUT2D eigenvalue weighted by atomic mass is 16.5. The minimum atomic E-state index is 0.449. The van der Waals surface area contributed by atoms with Gasteiger partial charge in [-0.15, -0.1) is 0 Å². The fourth-order valence-electron chi connectivity index (χ4n) is 8.95. The number of carbonyl (C=O) groups is 1. The van der Waals surface area contributed by atoms with E-state index in [9.17, 15) is 4.79 Å². The maximum absolute atomic E-state index is 10.5. The first-order chi connectivity index (χ1) is 32.1. The molecule has 11 rings (SSSR count). The summed E-state index contributed by atoms with van der Waals surface area (Å²) in [5, 5.41) is 0. The highest BCUT2D eigenvalue weighted by Gasteiger charge is 2.25. The number of carbonyl (C=O) groups excluding carboxylic acids is 1. The molecule has 4 N–H and O–H groups in total. The Balaban J connectivity index is 0.000000137. The zero-order valence-corrected chi connectivity index (χ0v) is 38.2. The quantitative estimate of drug-likeness (QED) is 0.121. The van der Waals surface area contributed by atoms with Crippen LogP contribution in [0.2, 0.25) is 0 Å². The van der Waals surface area contributed by atoms with E-state index in [4.69, 9.17) is 26.2 Å². The Morgan fingerprint density at radius 1 is 0.530 bits per heavy atom. The van der Waals surface area contributed by atoms with Gasteiger partial charge < -0.3 is 35.8 Å². The molecule has 6 aromatic rings. The summed E-state index contributed by atoms with van der Waals surface area (Å²) in [4.78, 5) is 43.3. The first-order valence-corrected chi connectivity index (χ1v) is 22.7. The Morgan fingerprint density at radius 2 is 1.05 bits per heavy atom. The molecule has 2 saturated heterocycles. The Labute approximate surface area is 387 Å². The van der Waals surface area contributed by atoms with Crippen molar-refractivity contribution in [1.82, 2.24) is 19.8 Å². The molecule has 0 spiro atoms. The Kier molecular flexibility index (Phi) is 13.0. The largest absolute Gasteiger partial charge is 0.428 e. The number of likely N-dealkylation sites (N-methyl/N-ethyl adjacent to an activating group) is 2. The molecule has 0 radical (unpaired) electrons. The van der Waals surface area contributed by atoms with Crippen LogP contribution < -0.4 is 26.0 Å². The van der Waals surface area contributed by atoms with Crippen molar-refractivity contribution in [3.8, 4) is 5.75 Å². The summed E-state index contributed by atoms with van der Waals surface area (Å²) in [6.45, 7) is 13.2. The number of hydrogen-bond donors (Lipinski definition) is 2. The third-order valence-electron chi connectivity index (χ3n) is 12.9. The van der Waals surface area contributed by atoms with E-state index < -0.39 is 0 Å². The molecule has 0 unspecified atom stereocenters. The predicted octanol–water partition coefficient (Wildman–Crippen LogP) is 7.70. The molecule has 2 aromatic heterocycles. The number of piperazine rings is 2. The van der Waals surface area contributed by atoms with Gasteiger partial charge >= 0.3 is 0 Å². The number of nitrogen functional groups attached to an aromatic ring is 2. The molecule has 4 aromatic carbocycles. The molecular formula is C53H57N11O2. The highest BCUT2D eigenvalue weighted by molar-refractivity contribution is 6.10. The lowest BCUT2D eigenvalue weighted by Gasteiger charge is -2.34. The van der Waals surface area contributed by atoms with Crippen LogP contribution in [0.3, 0.4) is 0 Å². The summed E-state index contributed by atoms with van der Waals surface area (Å²) in [6, 6.07) is 32.7. The zero-order chi connectivity index (χ0) is 45.7. The van der Waals surface area contributed by atoms with Crippen molar-refractivity contribution in [3.63, 3.8) is 0 Å². The Bertz CT molecular complexity index is 2830. The number of nitrogens with zero attached hydrogens (tertiary/aromatic N) is 9. The van der Waals surface area contributed by atoms with Crippen LogP contribution in [0, 0.1) is 13.8 Å². The normalized spacial score (nSPS) is 16.4. The lowest BCUT2D eigenvalue weighted by atomic mass is 9.95. The molecule has 0 aliphatic carbocycles. The Morgan fingerprint density at radius 3 is 1.61 bits per heavy atom.